The van der Waals surface area contributed by atoms with Gasteiger partial charge in [0.2, 0.25) is 0 Å². The Morgan fingerprint density at radius 2 is 2.50 bits per heavy atom. The molecule has 1 aromatic heterocycles. The second-order valence-corrected chi connectivity index (χ2v) is 5.70. The van der Waals surface area contributed by atoms with E-state index in [-0.39, 0.29) is 12.0 Å². The Bertz CT molecular complexity index is 374. The van der Waals surface area contributed by atoms with Crippen LogP contribution in [0.2, 0.25) is 4.34 Å². The van der Waals surface area contributed by atoms with Crippen molar-refractivity contribution in [3.8, 4) is 0 Å². The molecule has 0 N–H and O–H groups in total. The Kier molecular flexibility index (Phi) is 3.84. The number of thiophene rings is 1. The quantitative estimate of drug-likeness (QED) is 0.835. The van der Waals surface area contributed by atoms with Gasteiger partial charge in [0.05, 0.1) is 10.9 Å². The molecule has 1 fully saturated rings. The lowest BCUT2D eigenvalue weighted by molar-refractivity contribution is -0.140. The van der Waals surface area contributed by atoms with Crippen LogP contribution in [0.5, 0.6) is 0 Å². The molecule has 1 aliphatic rings. The minimum atomic E-state index is -0.236. The summed E-state index contributed by atoms with van der Waals surface area (Å²) in [5.74, 6) is 0.0713. The standard InChI is InChI=1S/C11H14ClNO2S/c1-13(7-8-4-5-10(12)16-8)11(14)9-3-2-6-15-9/h4-5,9H,2-3,6-7H2,1H3. The van der Waals surface area contributed by atoms with Gasteiger partial charge in [-0.05, 0) is 25.0 Å². The summed E-state index contributed by atoms with van der Waals surface area (Å²) in [6.07, 6.45) is 1.59. The summed E-state index contributed by atoms with van der Waals surface area (Å²) in [7, 11) is 1.80. The predicted octanol–water partition coefficient (Wildman–Crippen LogP) is 2.54. The van der Waals surface area contributed by atoms with E-state index in [1.54, 1.807) is 11.9 Å². The molecule has 1 aliphatic heterocycles. The van der Waals surface area contributed by atoms with Crippen LogP contribution in [0.1, 0.15) is 17.7 Å². The van der Waals surface area contributed by atoms with Crippen molar-refractivity contribution in [2.75, 3.05) is 13.7 Å². The maximum absolute atomic E-state index is 11.9. The van der Waals surface area contributed by atoms with Crippen molar-refractivity contribution in [3.63, 3.8) is 0 Å². The Morgan fingerprint density at radius 1 is 1.69 bits per heavy atom. The van der Waals surface area contributed by atoms with Crippen LogP contribution in [-0.4, -0.2) is 30.6 Å². The zero-order chi connectivity index (χ0) is 11.5. The molecular formula is C11H14ClNO2S. The van der Waals surface area contributed by atoms with Crippen LogP contribution in [0.3, 0.4) is 0 Å². The number of likely N-dealkylation sites (N-methyl/N-ethyl adjacent to an activating group) is 1. The first-order valence-corrected chi connectivity index (χ1v) is 6.47. The highest BCUT2D eigenvalue weighted by Crippen LogP contribution is 2.23. The van der Waals surface area contributed by atoms with Crippen LogP contribution in [-0.2, 0) is 16.1 Å². The highest BCUT2D eigenvalue weighted by molar-refractivity contribution is 7.16. The van der Waals surface area contributed by atoms with Gasteiger partial charge in [0.15, 0.2) is 0 Å². The van der Waals surface area contributed by atoms with Crippen molar-refractivity contribution in [1.82, 2.24) is 4.90 Å². The van der Waals surface area contributed by atoms with E-state index >= 15 is 0 Å². The van der Waals surface area contributed by atoms with Crippen molar-refractivity contribution in [2.45, 2.75) is 25.5 Å². The number of halogens is 1. The minimum absolute atomic E-state index is 0.0713. The smallest absolute Gasteiger partial charge is 0.251 e. The topological polar surface area (TPSA) is 29.5 Å². The number of ether oxygens (including phenoxy) is 1. The van der Waals surface area contributed by atoms with Crippen LogP contribution in [0, 0.1) is 0 Å². The van der Waals surface area contributed by atoms with Gasteiger partial charge in [-0.15, -0.1) is 11.3 Å². The number of hydrogen-bond donors (Lipinski definition) is 0. The van der Waals surface area contributed by atoms with Gasteiger partial charge in [-0.1, -0.05) is 11.6 Å². The SMILES string of the molecule is CN(Cc1ccc(Cl)s1)C(=O)C1CCCO1. The van der Waals surface area contributed by atoms with E-state index < -0.39 is 0 Å². The Balaban J connectivity index is 1.91. The number of rotatable bonds is 3. The Labute approximate surface area is 104 Å². The number of carbonyl (C=O) groups is 1. The molecule has 16 heavy (non-hydrogen) atoms. The molecule has 1 atom stereocenters. The second kappa shape index (κ2) is 5.17. The fraction of sp³-hybridized carbons (Fsp3) is 0.545. The molecule has 1 amide bonds. The average Bonchev–Trinajstić information content (AvgIpc) is 2.88. The third kappa shape index (κ3) is 2.75. The molecule has 0 aromatic carbocycles. The summed E-state index contributed by atoms with van der Waals surface area (Å²) in [5.41, 5.74) is 0. The fourth-order valence-electron chi connectivity index (χ4n) is 1.77. The lowest BCUT2D eigenvalue weighted by Gasteiger charge is -2.19. The molecule has 2 rings (SSSR count). The van der Waals surface area contributed by atoms with Gasteiger partial charge in [0, 0.05) is 18.5 Å². The number of carbonyl (C=O) groups excluding carboxylic acids is 1. The lowest BCUT2D eigenvalue weighted by Crippen LogP contribution is -2.35. The Morgan fingerprint density at radius 3 is 3.06 bits per heavy atom. The summed E-state index contributed by atoms with van der Waals surface area (Å²) >= 11 is 7.35. The molecule has 1 saturated heterocycles. The normalized spacial score (nSPS) is 20.0. The monoisotopic (exact) mass is 259 g/mol. The number of nitrogens with zero attached hydrogens (tertiary/aromatic N) is 1. The van der Waals surface area contributed by atoms with Crippen molar-refractivity contribution < 1.29 is 9.53 Å². The molecule has 0 aliphatic carbocycles. The van der Waals surface area contributed by atoms with Gasteiger partial charge in [0.25, 0.3) is 5.91 Å². The van der Waals surface area contributed by atoms with Gasteiger partial charge in [0.1, 0.15) is 6.10 Å². The number of hydrogen-bond acceptors (Lipinski definition) is 3. The van der Waals surface area contributed by atoms with E-state index in [9.17, 15) is 4.79 Å². The van der Waals surface area contributed by atoms with Gasteiger partial charge in [-0.2, -0.15) is 0 Å². The van der Waals surface area contributed by atoms with Gasteiger partial charge < -0.3 is 9.64 Å². The van der Waals surface area contributed by atoms with Crippen molar-refractivity contribution >= 4 is 28.8 Å². The van der Waals surface area contributed by atoms with E-state index in [0.717, 1.165) is 22.1 Å². The fourth-order valence-corrected chi connectivity index (χ4v) is 2.91. The summed E-state index contributed by atoms with van der Waals surface area (Å²) in [6, 6.07) is 3.80. The van der Waals surface area contributed by atoms with Crippen LogP contribution >= 0.6 is 22.9 Å². The molecule has 0 bridgehead atoms. The molecule has 1 aromatic rings. The molecule has 3 nitrogen and oxygen atoms in total. The van der Waals surface area contributed by atoms with Crippen molar-refractivity contribution in [3.05, 3.63) is 21.3 Å². The first-order valence-electron chi connectivity index (χ1n) is 5.27. The number of amides is 1. The molecule has 0 spiro atoms. The van der Waals surface area contributed by atoms with Crippen LogP contribution < -0.4 is 0 Å². The van der Waals surface area contributed by atoms with Crippen molar-refractivity contribution in [1.29, 1.82) is 0 Å². The van der Waals surface area contributed by atoms with E-state index in [2.05, 4.69) is 0 Å². The highest BCUT2D eigenvalue weighted by atomic mass is 35.5. The molecule has 0 radical (unpaired) electrons. The lowest BCUT2D eigenvalue weighted by atomic mass is 10.2. The molecule has 0 saturated carbocycles. The summed E-state index contributed by atoms with van der Waals surface area (Å²) in [5, 5.41) is 0. The van der Waals surface area contributed by atoms with E-state index in [1.807, 2.05) is 12.1 Å². The largest absolute Gasteiger partial charge is 0.368 e. The van der Waals surface area contributed by atoms with Crippen LogP contribution in [0.4, 0.5) is 0 Å². The molecule has 1 unspecified atom stereocenters. The summed E-state index contributed by atoms with van der Waals surface area (Å²) < 4.78 is 6.12. The highest BCUT2D eigenvalue weighted by Gasteiger charge is 2.26. The zero-order valence-corrected chi connectivity index (χ0v) is 10.7. The zero-order valence-electron chi connectivity index (χ0n) is 9.11. The molecular weight excluding hydrogens is 246 g/mol. The van der Waals surface area contributed by atoms with E-state index in [1.165, 1.54) is 11.3 Å². The summed E-state index contributed by atoms with van der Waals surface area (Å²) in [6.45, 7) is 1.31. The first-order chi connectivity index (χ1) is 7.66. The van der Waals surface area contributed by atoms with Crippen LogP contribution in [0.15, 0.2) is 12.1 Å². The summed E-state index contributed by atoms with van der Waals surface area (Å²) in [4.78, 5) is 14.7. The minimum Gasteiger partial charge on any atom is -0.368 e. The van der Waals surface area contributed by atoms with Gasteiger partial charge in [-0.25, -0.2) is 0 Å². The molecule has 2 heterocycles. The van der Waals surface area contributed by atoms with Gasteiger partial charge in [-0.3, -0.25) is 4.79 Å². The predicted molar refractivity (Wildman–Crippen MR) is 64.8 cm³/mol. The second-order valence-electron chi connectivity index (χ2n) is 3.90. The average molecular weight is 260 g/mol. The van der Waals surface area contributed by atoms with Crippen LogP contribution in [0.25, 0.3) is 0 Å². The molecule has 88 valence electrons. The van der Waals surface area contributed by atoms with Gasteiger partial charge >= 0.3 is 0 Å². The first kappa shape index (κ1) is 11.9. The third-order valence-corrected chi connectivity index (χ3v) is 3.82. The maximum atomic E-state index is 11.9. The Hall–Kier alpha value is -0.580. The van der Waals surface area contributed by atoms with Crippen molar-refractivity contribution in [2.24, 2.45) is 0 Å². The van der Waals surface area contributed by atoms with E-state index in [0.29, 0.717) is 13.2 Å². The van der Waals surface area contributed by atoms with E-state index in [4.69, 9.17) is 16.3 Å². The maximum Gasteiger partial charge on any atom is 0.251 e. The molecule has 5 heteroatoms. The third-order valence-electron chi connectivity index (χ3n) is 2.60.